The van der Waals surface area contributed by atoms with Gasteiger partial charge < -0.3 is 16.4 Å². The summed E-state index contributed by atoms with van der Waals surface area (Å²) in [6, 6.07) is 32.7. The summed E-state index contributed by atoms with van der Waals surface area (Å²) in [7, 11) is 0. The van der Waals surface area contributed by atoms with Crippen molar-refractivity contribution in [1.82, 2.24) is 10.6 Å². The summed E-state index contributed by atoms with van der Waals surface area (Å²) in [5, 5.41) is 5.79. The summed E-state index contributed by atoms with van der Waals surface area (Å²) >= 11 is 0. The quantitative estimate of drug-likeness (QED) is 0.324. The molecule has 0 spiro atoms. The maximum atomic E-state index is 13.8. The highest BCUT2D eigenvalue weighted by Gasteiger charge is 2.35. The molecule has 190 valence electrons. The Morgan fingerprint density at radius 2 is 1.05 bits per heavy atom. The third-order valence-electron chi connectivity index (χ3n) is 6.95. The van der Waals surface area contributed by atoms with Gasteiger partial charge in [0.1, 0.15) is 12.1 Å². The average molecular weight is 504 g/mol. The first-order chi connectivity index (χ1) is 18.5. The zero-order valence-electron chi connectivity index (χ0n) is 20.8. The standard InChI is InChI=1S/C32H29N3O3/c33-30(36)27(19-21-11-3-1-4-12-21)34-31(37)28(20-22-13-5-2-6-14-22)35-32(38)29-25-17-9-7-15-23(25)24-16-8-10-18-26(24)29/h1-18,27-29H,19-20H2,(H2,33,36)(H,34,37)(H,35,38)/t27-,28-/m1/s1. The van der Waals surface area contributed by atoms with E-state index in [1.54, 1.807) is 0 Å². The summed E-state index contributed by atoms with van der Waals surface area (Å²) < 4.78 is 0. The van der Waals surface area contributed by atoms with E-state index in [2.05, 4.69) is 10.6 Å². The minimum atomic E-state index is -0.909. The molecule has 1 aliphatic carbocycles. The first-order valence-corrected chi connectivity index (χ1v) is 12.7. The number of carbonyl (C=O) groups is 3. The first-order valence-electron chi connectivity index (χ1n) is 12.7. The van der Waals surface area contributed by atoms with E-state index >= 15 is 0 Å². The van der Waals surface area contributed by atoms with Crippen molar-refractivity contribution in [2.24, 2.45) is 5.73 Å². The van der Waals surface area contributed by atoms with Gasteiger partial charge in [-0.2, -0.15) is 0 Å². The van der Waals surface area contributed by atoms with Crippen molar-refractivity contribution in [2.45, 2.75) is 30.8 Å². The minimum Gasteiger partial charge on any atom is -0.368 e. The Bertz CT molecular complexity index is 1410. The molecule has 6 nitrogen and oxygen atoms in total. The lowest BCUT2D eigenvalue weighted by Gasteiger charge is -2.24. The van der Waals surface area contributed by atoms with E-state index in [-0.39, 0.29) is 18.7 Å². The van der Waals surface area contributed by atoms with Gasteiger partial charge in [0, 0.05) is 12.8 Å². The van der Waals surface area contributed by atoms with Crippen LogP contribution in [0.5, 0.6) is 0 Å². The van der Waals surface area contributed by atoms with Gasteiger partial charge in [-0.25, -0.2) is 0 Å². The number of carbonyl (C=O) groups excluding carboxylic acids is 3. The molecule has 0 heterocycles. The van der Waals surface area contributed by atoms with E-state index in [1.165, 1.54) is 0 Å². The molecule has 0 aromatic heterocycles. The fraction of sp³-hybridized carbons (Fsp3) is 0.156. The van der Waals surface area contributed by atoms with Crippen LogP contribution in [0.25, 0.3) is 11.1 Å². The number of nitrogens with one attached hydrogen (secondary N) is 2. The van der Waals surface area contributed by atoms with Crippen LogP contribution in [0.1, 0.15) is 28.2 Å². The van der Waals surface area contributed by atoms with Gasteiger partial charge in [-0.15, -0.1) is 0 Å². The lowest BCUT2D eigenvalue weighted by Crippen LogP contribution is -2.54. The predicted molar refractivity (Wildman–Crippen MR) is 147 cm³/mol. The van der Waals surface area contributed by atoms with E-state index in [0.29, 0.717) is 0 Å². The van der Waals surface area contributed by atoms with Gasteiger partial charge in [0.05, 0.1) is 5.92 Å². The molecule has 3 amide bonds. The highest BCUT2D eigenvalue weighted by atomic mass is 16.2. The Morgan fingerprint density at radius 1 is 0.605 bits per heavy atom. The molecule has 4 aromatic carbocycles. The molecule has 2 atom stereocenters. The number of benzene rings is 4. The molecule has 0 aliphatic heterocycles. The molecule has 0 saturated heterocycles. The second-order valence-electron chi connectivity index (χ2n) is 9.51. The molecule has 4 aromatic rings. The minimum absolute atomic E-state index is 0.261. The number of amides is 3. The number of fused-ring (bicyclic) bond motifs is 3. The van der Waals surface area contributed by atoms with E-state index in [9.17, 15) is 14.4 Å². The van der Waals surface area contributed by atoms with E-state index in [0.717, 1.165) is 33.4 Å². The van der Waals surface area contributed by atoms with Crippen molar-refractivity contribution >= 4 is 17.7 Å². The van der Waals surface area contributed by atoms with E-state index in [1.807, 2.05) is 109 Å². The van der Waals surface area contributed by atoms with Crippen LogP contribution in [-0.2, 0) is 27.2 Å². The van der Waals surface area contributed by atoms with E-state index < -0.39 is 29.8 Å². The Labute approximate surface area is 221 Å². The average Bonchev–Trinajstić information content (AvgIpc) is 3.28. The summed E-state index contributed by atoms with van der Waals surface area (Å²) in [6.45, 7) is 0. The van der Waals surface area contributed by atoms with Crippen molar-refractivity contribution in [3.05, 3.63) is 131 Å². The number of primary amides is 1. The summed E-state index contributed by atoms with van der Waals surface area (Å²) in [6.07, 6.45) is 0.530. The highest BCUT2D eigenvalue weighted by Crippen LogP contribution is 2.44. The molecule has 0 saturated carbocycles. The van der Waals surface area contributed by atoms with Crippen LogP contribution in [0, 0.1) is 0 Å². The normalized spacial score (nSPS) is 13.6. The number of rotatable bonds is 9. The van der Waals surface area contributed by atoms with Crippen molar-refractivity contribution < 1.29 is 14.4 Å². The monoisotopic (exact) mass is 503 g/mol. The molecule has 5 rings (SSSR count). The summed E-state index contributed by atoms with van der Waals surface area (Å²) in [5.41, 5.74) is 11.3. The second-order valence-corrected chi connectivity index (χ2v) is 9.51. The molecule has 4 N–H and O–H groups in total. The maximum Gasteiger partial charge on any atom is 0.243 e. The summed E-state index contributed by atoms with van der Waals surface area (Å²) in [4.78, 5) is 39.6. The third-order valence-corrected chi connectivity index (χ3v) is 6.95. The van der Waals surface area contributed by atoms with Crippen LogP contribution in [0.3, 0.4) is 0 Å². The van der Waals surface area contributed by atoms with Crippen LogP contribution < -0.4 is 16.4 Å². The molecule has 0 radical (unpaired) electrons. The van der Waals surface area contributed by atoms with E-state index in [4.69, 9.17) is 5.73 Å². The smallest absolute Gasteiger partial charge is 0.243 e. The van der Waals surface area contributed by atoms with Gasteiger partial charge in [0.15, 0.2) is 0 Å². The van der Waals surface area contributed by atoms with Crippen molar-refractivity contribution in [3.63, 3.8) is 0 Å². The first kappa shape index (κ1) is 25.0. The van der Waals surface area contributed by atoms with Crippen molar-refractivity contribution in [1.29, 1.82) is 0 Å². The predicted octanol–water partition coefficient (Wildman–Crippen LogP) is 3.74. The number of hydrogen-bond donors (Lipinski definition) is 3. The van der Waals surface area contributed by atoms with Crippen LogP contribution in [0.4, 0.5) is 0 Å². The largest absolute Gasteiger partial charge is 0.368 e. The molecule has 6 heteroatoms. The van der Waals surface area contributed by atoms with Gasteiger partial charge in [-0.05, 0) is 33.4 Å². The van der Waals surface area contributed by atoms with Crippen LogP contribution in [0.15, 0.2) is 109 Å². The molecular weight excluding hydrogens is 474 g/mol. The Morgan fingerprint density at radius 3 is 1.55 bits per heavy atom. The van der Waals surface area contributed by atoms with Gasteiger partial charge >= 0.3 is 0 Å². The molecule has 0 fully saturated rings. The van der Waals surface area contributed by atoms with Crippen LogP contribution >= 0.6 is 0 Å². The van der Waals surface area contributed by atoms with Crippen LogP contribution in [0.2, 0.25) is 0 Å². The lowest BCUT2D eigenvalue weighted by molar-refractivity contribution is -0.131. The van der Waals surface area contributed by atoms with Gasteiger partial charge in [-0.3, -0.25) is 14.4 Å². The SMILES string of the molecule is NC(=O)[C@@H](Cc1ccccc1)NC(=O)[C@@H](Cc1ccccc1)NC(=O)C1c2ccccc2-c2ccccc21. The number of nitrogens with two attached hydrogens (primary N) is 1. The van der Waals surface area contributed by atoms with Crippen LogP contribution in [-0.4, -0.2) is 29.8 Å². The van der Waals surface area contributed by atoms with Crippen molar-refractivity contribution in [2.75, 3.05) is 0 Å². The summed E-state index contributed by atoms with van der Waals surface area (Å²) in [5.74, 6) is -1.89. The fourth-order valence-corrected chi connectivity index (χ4v) is 5.10. The zero-order valence-corrected chi connectivity index (χ0v) is 20.8. The second kappa shape index (κ2) is 11.1. The molecule has 0 bridgehead atoms. The Hall–Kier alpha value is -4.71. The lowest BCUT2D eigenvalue weighted by atomic mass is 9.95. The molecule has 1 aliphatic rings. The third kappa shape index (κ3) is 5.34. The molecule has 38 heavy (non-hydrogen) atoms. The fourth-order valence-electron chi connectivity index (χ4n) is 5.10. The number of hydrogen-bond acceptors (Lipinski definition) is 3. The van der Waals surface area contributed by atoms with Crippen molar-refractivity contribution in [3.8, 4) is 11.1 Å². The van der Waals surface area contributed by atoms with Gasteiger partial charge in [0.2, 0.25) is 17.7 Å². The molecular formula is C32H29N3O3. The highest BCUT2D eigenvalue weighted by molar-refractivity contribution is 5.99. The topological polar surface area (TPSA) is 101 Å². The Balaban J connectivity index is 1.41. The Kier molecular flexibility index (Phi) is 7.31. The maximum absolute atomic E-state index is 13.8. The molecule has 0 unspecified atom stereocenters. The van der Waals surface area contributed by atoms with Gasteiger partial charge in [-0.1, -0.05) is 109 Å². The van der Waals surface area contributed by atoms with Gasteiger partial charge in [0.25, 0.3) is 0 Å². The zero-order chi connectivity index (χ0) is 26.5.